The van der Waals surface area contributed by atoms with Crippen molar-refractivity contribution in [1.82, 2.24) is 29.7 Å². The molecule has 0 spiro atoms. The number of nitrogens with two attached hydrogens (primary N) is 3. The highest BCUT2D eigenvalue weighted by atomic mass is 16.6. The van der Waals surface area contributed by atoms with Crippen LogP contribution in [0.5, 0.6) is 0 Å². The molecule has 4 rings (SSSR count). The zero-order valence-electron chi connectivity index (χ0n) is 30.0. The number of piperidine rings is 2. The molecule has 7 atom stereocenters. The fraction of sp³-hybridized carbons (Fsp3) is 0.606. The summed E-state index contributed by atoms with van der Waals surface area (Å²) in [5.41, 5.74) is 17.5. The number of amides is 2. The lowest BCUT2D eigenvalue weighted by molar-refractivity contribution is -0.180. The van der Waals surface area contributed by atoms with E-state index in [9.17, 15) is 29.1 Å². The van der Waals surface area contributed by atoms with Gasteiger partial charge in [-0.05, 0) is 38.2 Å². The van der Waals surface area contributed by atoms with Crippen LogP contribution in [0.2, 0.25) is 0 Å². The van der Waals surface area contributed by atoms with E-state index in [4.69, 9.17) is 37.3 Å². The Kier molecular flexibility index (Phi) is 13.6. The molecule has 2 aromatic heterocycles. The third-order valence-corrected chi connectivity index (χ3v) is 9.60. The summed E-state index contributed by atoms with van der Waals surface area (Å²) < 4.78 is 12.4. The number of nitrogens with one attached hydrogen (secondary N) is 2. The second kappa shape index (κ2) is 17.9. The molecule has 2 fully saturated rings. The Labute approximate surface area is 306 Å². The molecule has 20 nitrogen and oxygen atoms in total. The number of rotatable bonds is 13. The largest absolute Gasteiger partial charge is 0.457 e. The molecular formula is C33H48N12O8. The molecule has 20 heteroatoms. The van der Waals surface area contributed by atoms with E-state index in [0.29, 0.717) is 37.1 Å². The molecule has 2 aliphatic heterocycles. The van der Waals surface area contributed by atoms with Crippen LogP contribution in [-0.2, 0) is 28.7 Å². The number of hydrogen-bond donors (Lipinski definition) is 6. The molecule has 0 saturated carbocycles. The summed E-state index contributed by atoms with van der Waals surface area (Å²) in [6.07, 6.45) is 0.999. The fourth-order valence-electron chi connectivity index (χ4n) is 6.69. The van der Waals surface area contributed by atoms with Gasteiger partial charge in [0.1, 0.15) is 43.4 Å². The van der Waals surface area contributed by atoms with Crippen molar-refractivity contribution < 1.29 is 38.6 Å². The van der Waals surface area contributed by atoms with Crippen molar-refractivity contribution in [2.75, 3.05) is 44.7 Å². The first-order valence-electron chi connectivity index (χ1n) is 17.3. The number of aromatic nitrogens is 3. The maximum atomic E-state index is 14.4. The molecule has 288 valence electrons. The molecule has 0 aromatic carbocycles. The van der Waals surface area contributed by atoms with Crippen LogP contribution in [-0.4, -0.2) is 141 Å². The topological polar surface area (TPSA) is 302 Å². The number of likely N-dealkylation sites (N-methyl/N-ethyl adjacent to an activating group) is 1. The number of ether oxygens (including phenoxy) is 2. The summed E-state index contributed by atoms with van der Waals surface area (Å²) in [5.74, 6) is -2.96. The van der Waals surface area contributed by atoms with E-state index in [1.807, 2.05) is 18.0 Å². The number of aliphatic hydroxyl groups is 1. The van der Waals surface area contributed by atoms with E-state index in [2.05, 4.69) is 22.2 Å². The number of nitriles is 1. The third-order valence-electron chi connectivity index (χ3n) is 9.60. The maximum Gasteiger partial charge on any atom is 0.332 e. The second-order valence-electron chi connectivity index (χ2n) is 13.4. The molecule has 0 bridgehead atoms. The van der Waals surface area contributed by atoms with Gasteiger partial charge < -0.3 is 51.8 Å². The molecule has 0 aliphatic carbocycles. The number of guanidine groups is 1. The highest BCUT2D eigenvalue weighted by Gasteiger charge is 2.46. The number of carbonyl (C=O) groups excluding carboxylic acids is 5. The van der Waals surface area contributed by atoms with Gasteiger partial charge in [-0.15, -0.1) is 0 Å². The summed E-state index contributed by atoms with van der Waals surface area (Å²) in [5, 5.41) is 28.8. The van der Waals surface area contributed by atoms with Gasteiger partial charge in [-0.2, -0.15) is 5.26 Å². The molecule has 4 heterocycles. The van der Waals surface area contributed by atoms with Crippen molar-refractivity contribution in [2.45, 2.75) is 82.3 Å². The number of carbonyl (C=O) groups is 5. The lowest BCUT2D eigenvalue weighted by Crippen LogP contribution is -2.62. The average Bonchev–Trinajstić information content (AvgIpc) is 3.57. The fourth-order valence-corrected chi connectivity index (χ4v) is 6.69. The van der Waals surface area contributed by atoms with Crippen LogP contribution in [0, 0.1) is 22.7 Å². The smallest absolute Gasteiger partial charge is 0.332 e. The Bertz CT molecular complexity index is 1730. The first kappa shape index (κ1) is 40.4. The highest BCUT2D eigenvalue weighted by Crippen LogP contribution is 2.31. The van der Waals surface area contributed by atoms with Gasteiger partial charge in [0.15, 0.2) is 17.7 Å². The third kappa shape index (κ3) is 9.54. The number of nitrogens with zero attached hydrogens (tertiary/aromatic N) is 7. The van der Waals surface area contributed by atoms with Crippen LogP contribution < -0.4 is 27.4 Å². The van der Waals surface area contributed by atoms with Crippen LogP contribution >= 0.6 is 0 Å². The molecule has 53 heavy (non-hydrogen) atoms. The molecule has 9 N–H and O–H groups in total. The molecule has 2 aliphatic rings. The van der Waals surface area contributed by atoms with E-state index in [1.54, 1.807) is 11.0 Å². The lowest BCUT2D eigenvalue weighted by atomic mass is 9.92. The molecule has 2 amide bonds. The second-order valence-corrected chi connectivity index (χ2v) is 13.4. The minimum atomic E-state index is -1.27. The summed E-state index contributed by atoms with van der Waals surface area (Å²) in [7, 11) is 1.83. The average molecular weight is 741 g/mol. The Morgan fingerprint density at radius 2 is 1.92 bits per heavy atom. The Balaban J connectivity index is 1.62. The van der Waals surface area contributed by atoms with E-state index >= 15 is 0 Å². The summed E-state index contributed by atoms with van der Waals surface area (Å²) in [6.45, 7) is 3.34. The van der Waals surface area contributed by atoms with Crippen LogP contribution in [0.4, 0.5) is 5.82 Å². The molecule has 0 unspecified atom stereocenters. The summed E-state index contributed by atoms with van der Waals surface area (Å²) in [4.78, 5) is 79.4. The van der Waals surface area contributed by atoms with E-state index < -0.39 is 60.7 Å². The molecule has 0 radical (unpaired) electrons. The Hall–Kier alpha value is -5.39. The van der Waals surface area contributed by atoms with Crippen LogP contribution in [0.25, 0.3) is 11.0 Å². The zero-order chi connectivity index (χ0) is 39.0. The lowest BCUT2D eigenvalue weighted by Gasteiger charge is -2.43. The summed E-state index contributed by atoms with van der Waals surface area (Å²) >= 11 is 0. The minimum Gasteiger partial charge on any atom is -0.457 e. The van der Waals surface area contributed by atoms with E-state index in [1.165, 1.54) is 28.9 Å². The minimum absolute atomic E-state index is 0.159. The van der Waals surface area contributed by atoms with Gasteiger partial charge >= 0.3 is 11.9 Å². The van der Waals surface area contributed by atoms with Gasteiger partial charge in [0.2, 0.25) is 11.8 Å². The zero-order valence-corrected chi connectivity index (χ0v) is 30.0. The Morgan fingerprint density at radius 3 is 2.58 bits per heavy atom. The van der Waals surface area contributed by atoms with Gasteiger partial charge in [0, 0.05) is 39.3 Å². The van der Waals surface area contributed by atoms with Crippen LogP contribution in [0.1, 0.15) is 50.7 Å². The Morgan fingerprint density at radius 1 is 1.19 bits per heavy atom. The maximum absolute atomic E-state index is 14.4. The molecule has 2 aromatic rings. The van der Waals surface area contributed by atoms with Gasteiger partial charge in [-0.1, -0.05) is 6.92 Å². The standard InChI is InChI=1S/C33H48N12O8/c1-18-7-11-43(26(47)6-9-34)14-23(18)42(3)28-20-8-12-44(29(20)41-17-40-28)31(50)22-13-24(52-27(48)16-46)25(15-45(22)30(49)19(2)35)53-32(51)21(36)5-4-10-39-33(37)38/h8,12,17-19,21-25,46H,4-7,10-11,13-16,35-36H2,1-3H3,(H4,37,38,39)/t18-,19+,21-,22-,23+,24+,25+/m1/s1. The first-order chi connectivity index (χ1) is 25.2. The van der Waals surface area contributed by atoms with Gasteiger partial charge in [0.05, 0.1) is 30.1 Å². The predicted molar refractivity (Wildman–Crippen MR) is 189 cm³/mol. The number of hydrogen-bond acceptors (Lipinski definition) is 15. The molecular weight excluding hydrogens is 692 g/mol. The predicted octanol–water partition coefficient (Wildman–Crippen LogP) is -1.99. The monoisotopic (exact) mass is 740 g/mol. The number of aliphatic hydroxyl groups excluding tert-OH is 1. The van der Waals surface area contributed by atoms with Gasteiger partial charge in [0.25, 0.3) is 5.91 Å². The summed E-state index contributed by atoms with van der Waals surface area (Å²) in [6, 6.07) is -0.0242. The number of fused-ring (bicyclic) bond motifs is 1. The van der Waals surface area contributed by atoms with Crippen molar-refractivity contribution in [2.24, 2.45) is 23.1 Å². The quantitative estimate of drug-likeness (QED) is 0.0561. The van der Waals surface area contributed by atoms with Gasteiger partial charge in [-0.3, -0.25) is 29.2 Å². The van der Waals surface area contributed by atoms with Crippen molar-refractivity contribution in [3.05, 3.63) is 18.6 Å². The van der Waals surface area contributed by atoms with Gasteiger partial charge in [-0.25, -0.2) is 14.8 Å². The van der Waals surface area contributed by atoms with Crippen LogP contribution in [0.3, 0.4) is 0 Å². The van der Waals surface area contributed by atoms with E-state index in [-0.39, 0.29) is 61.8 Å². The van der Waals surface area contributed by atoms with Crippen LogP contribution in [0.15, 0.2) is 18.6 Å². The number of anilines is 1. The first-order valence-corrected chi connectivity index (χ1v) is 17.3. The number of esters is 2. The van der Waals surface area contributed by atoms with Crippen molar-refractivity contribution in [3.63, 3.8) is 0 Å². The highest BCUT2D eigenvalue weighted by molar-refractivity contribution is 5.99. The molecule has 2 saturated heterocycles. The van der Waals surface area contributed by atoms with Crippen molar-refractivity contribution in [1.29, 1.82) is 10.7 Å². The van der Waals surface area contributed by atoms with E-state index in [0.717, 1.165) is 0 Å². The SMILES string of the molecule is C[C@H](N)C(=O)N1C[C@H](OC(=O)[C@H](N)CCCNC(=N)N)[C@@H](OC(=O)CO)C[C@@H]1C(=O)n1ccc2c(N(C)[C@H]3CN(C(=O)CC#N)CC[C@H]3C)ncnc21. The number of likely N-dealkylation sites (tertiary alicyclic amines) is 2. The van der Waals surface area contributed by atoms with Crippen molar-refractivity contribution in [3.8, 4) is 6.07 Å². The normalized spacial score (nSPS) is 22.6. The van der Waals surface area contributed by atoms with Crippen molar-refractivity contribution >= 4 is 52.5 Å².